The first-order chi connectivity index (χ1) is 11.9. The number of carbonyl (C=O) groups excluding carboxylic acids is 1. The molecule has 0 unspecified atom stereocenters. The summed E-state index contributed by atoms with van der Waals surface area (Å²) in [6, 6.07) is 6.23. The van der Waals surface area contributed by atoms with Gasteiger partial charge in [-0.3, -0.25) is 19.6 Å². The number of pyridine rings is 1. The molecule has 25 heavy (non-hydrogen) atoms. The maximum Gasteiger partial charge on any atom is 0.282 e. The molecule has 0 radical (unpaired) electrons. The zero-order valence-corrected chi connectivity index (χ0v) is 14.6. The van der Waals surface area contributed by atoms with Crippen LogP contribution in [0.5, 0.6) is 0 Å². The first kappa shape index (κ1) is 16.9. The molecule has 0 aliphatic carbocycles. The number of hydrogen-bond donors (Lipinski definition) is 1. The van der Waals surface area contributed by atoms with E-state index in [0.29, 0.717) is 11.3 Å². The molecule has 2 aromatic heterocycles. The quantitative estimate of drug-likeness (QED) is 0.437. The van der Waals surface area contributed by atoms with Crippen molar-refractivity contribution in [3.05, 3.63) is 51.8 Å². The van der Waals surface area contributed by atoms with E-state index >= 15 is 0 Å². The number of anilines is 1. The van der Waals surface area contributed by atoms with E-state index in [1.54, 1.807) is 23.9 Å². The number of aromatic nitrogens is 3. The molecule has 1 amide bonds. The van der Waals surface area contributed by atoms with Crippen LogP contribution in [-0.2, 0) is 7.05 Å². The van der Waals surface area contributed by atoms with E-state index in [1.807, 2.05) is 13.2 Å². The van der Waals surface area contributed by atoms with Crippen molar-refractivity contribution < 1.29 is 9.72 Å². The molecule has 0 atom stereocenters. The Balaban J connectivity index is 1.97. The minimum Gasteiger partial charge on any atom is -0.320 e. The van der Waals surface area contributed by atoms with Gasteiger partial charge < -0.3 is 5.32 Å². The molecule has 9 heteroatoms. The molecule has 8 nitrogen and oxygen atoms in total. The molecule has 0 aliphatic rings. The van der Waals surface area contributed by atoms with Crippen LogP contribution in [0.3, 0.4) is 0 Å². The number of hydrogen-bond acceptors (Lipinski definition) is 6. The van der Waals surface area contributed by atoms with Crippen molar-refractivity contribution in [2.45, 2.75) is 11.8 Å². The average molecular weight is 357 g/mol. The number of thioether (sulfide) groups is 1. The second-order valence-corrected chi connectivity index (χ2v) is 6.28. The normalized spacial score (nSPS) is 10.8. The van der Waals surface area contributed by atoms with Gasteiger partial charge in [0.2, 0.25) is 0 Å². The Labute approximate surface area is 147 Å². The monoisotopic (exact) mass is 357 g/mol. The van der Waals surface area contributed by atoms with Crippen molar-refractivity contribution in [3.63, 3.8) is 0 Å². The summed E-state index contributed by atoms with van der Waals surface area (Å²) < 4.78 is 1.66. The van der Waals surface area contributed by atoms with Crippen LogP contribution in [0.1, 0.15) is 16.1 Å². The van der Waals surface area contributed by atoms with Gasteiger partial charge in [0.15, 0.2) is 5.65 Å². The molecule has 3 aromatic rings. The summed E-state index contributed by atoms with van der Waals surface area (Å²) in [5, 5.41) is 19.0. The van der Waals surface area contributed by atoms with Gasteiger partial charge in [0.25, 0.3) is 11.6 Å². The van der Waals surface area contributed by atoms with Crippen molar-refractivity contribution in [2.24, 2.45) is 7.05 Å². The Morgan fingerprint density at radius 1 is 1.36 bits per heavy atom. The smallest absolute Gasteiger partial charge is 0.282 e. The van der Waals surface area contributed by atoms with Gasteiger partial charge in [0, 0.05) is 23.4 Å². The van der Waals surface area contributed by atoms with Crippen LogP contribution in [0.2, 0.25) is 0 Å². The second-order valence-electron chi connectivity index (χ2n) is 5.40. The first-order valence-corrected chi connectivity index (χ1v) is 8.56. The summed E-state index contributed by atoms with van der Waals surface area (Å²) in [6.07, 6.45) is 3.34. The molecule has 0 saturated carbocycles. The third-order valence-corrected chi connectivity index (χ3v) is 4.49. The molecule has 2 heterocycles. The summed E-state index contributed by atoms with van der Waals surface area (Å²) >= 11 is 1.41. The predicted molar refractivity (Wildman–Crippen MR) is 96.1 cm³/mol. The third kappa shape index (κ3) is 3.18. The van der Waals surface area contributed by atoms with Crippen molar-refractivity contribution >= 4 is 40.1 Å². The van der Waals surface area contributed by atoms with Crippen molar-refractivity contribution in [1.29, 1.82) is 0 Å². The van der Waals surface area contributed by atoms with Crippen molar-refractivity contribution in [1.82, 2.24) is 14.8 Å². The second kappa shape index (κ2) is 6.52. The highest BCUT2D eigenvalue weighted by Gasteiger charge is 2.21. The number of rotatable bonds is 4. The van der Waals surface area contributed by atoms with Gasteiger partial charge >= 0.3 is 0 Å². The van der Waals surface area contributed by atoms with Crippen molar-refractivity contribution in [3.8, 4) is 0 Å². The fraction of sp³-hybridized carbons (Fsp3) is 0.188. The zero-order chi connectivity index (χ0) is 18.1. The van der Waals surface area contributed by atoms with Crippen LogP contribution in [0.4, 0.5) is 11.4 Å². The van der Waals surface area contributed by atoms with Crippen LogP contribution in [-0.4, -0.2) is 31.9 Å². The van der Waals surface area contributed by atoms with Gasteiger partial charge in [-0.15, -0.1) is 11.8 Å². The number of amides is 1. The van der Waals surface area contributed by atoms with Gasteiger partial charge in [-0.05, 0) is 31.4 Å². The number of benzene rings is 1. The highest BCUT2D eigenvalue weighted by atomic mass is 32.2. The molecule has 0 aliphatic heterocycles. The minimum absolute atomic E-state index is 0.0138. The van der Waals surface area contributed by atoms with E-state index in [2.05, 4.69) is 15.4 Å². The molecule has 1 N–H and O–H groups in total. The van der Waals surface area contributed by atoms with E-state index in [4.69, 9.17) is 0 Å². The lowest BCUT2D eigenvalue weighted by Crippen LogP contribution is -2.14. The molecular formula is C16H15N5O3S. The average Bonchev–Trinajstić information content (AvgIpc) is 2.88. The highest BCUT2D eigenvalue weighted by Crippen LogP contribution is 2.26. The number of nitrogens with one attached hydrogen (secondary N) is 1. The largest absolute Gasteiger partial charge is 0.320 e. The van der Waals surface area contributed by atoms with E-state index in [1.165, 1.54) is 30.1 Å². The SMILES string of the molecule is CSc1ccc([N+](=O)[O-])c(C(=O)Nc2cnc3c(c2)c(C)nn3C)c1. The van der Waals surface area contributed by atoms with Crippen LogP contribution in [0.15, 0.2) is 35.4 Å². The van der Waals surface area contributed by atoms with Crippen LogP contribution in [0, 0.1) is 17.0 Å². The Kier molecular flexibility index (Phi) is 4.41. The van der Waals surface area contributed by atoms with E-state index in [9.17, 15) is 14.9 Å². The minimum atomic E-state index is -0.564. The molecule has 0 spiro atoms. The fourth-order valence-corrected chi connectivity index (χ4v) is 3.00. The van der Waals surface area contributed by atoms with Crippen LogP contribution in [0.25, 0.3) is 11.0 Å². The highest BCUT2D eigenvalue weighted by molar-refractivity contribution is 7.98. The predicted octanol–water partition coefficient (Wildman–Crippen LogP) is 3.16. The molecule has 1 aromatic carbocycles. The lowest BCUT2D eigenvalue weighted by atomic mass is 10.1. The van der Waals surface area contributed by atoms with E-state index < -0.39 is 10.8 Å². The topological polar surface area (TPSA) is 103 Å². The maximum absolute atomic E-state index is 12.6. The number of nitrogens with zero attached hydrogens (tertiary/aromatic N) is 4. The Bertz CT molecular complexity index is 999. The number of nitro benzene ring substituents is 1. The number of fused-ring (bicyclic) bond motifs is 1. The standard InChI is InChI=1S/C16H15N5O3S/c1-9-12-6-10(8-17-15(12)20(2)19-9)18-16(22)13-7-11(25-3)4-5-14(13)21(23)24/h4-8H,1-3H3,(H,18,22). The maximum atomic E-state index is 12.6. The summed E-state index contributed by atoms with van der Waals surface area (Å²) in [6.45, 7) is 1.85. The van der Waals surface area contributed by atoms with Gasteiger partial charge in [-0.1, -0.05) is 0 Å². The molecule has 3 rings (SSSR count). The van der Waals surface area contributed by atoms with Gasteiger partial charge in [0.05, 0.1) is 22.5 Å². The molecule has 0 bridgehead atoms. The van der Waals surface area contributed by atoms with E-state index in [-0.39, 0.29) is 11.3 Å². The summed E-state index contributed by atoms with van der Waals surface area (Å²) in [5.41, 5.74) is 1.72. The van der Waals surface area contributed by atoms with Crippen molar-refractivity contribution in [2.75, 3.05) is 11.6 Å². The van der Waals surface area contributed by atoms with Crippen LogP contribution >= 0.6 is 11.8 Å². The number of nitro groups is 1. The first-order valence-electron chi connectivity index (χ1n) is 7.34. The van der Waals surface area contributed by atoms with Gasteiger partial charge in [-0.2, -0.15) is 5.10 Å². The van der Waals surface area contributed by atoms with Gasteiger partial charge in [0.1, 0.15) is 5.56 Å². The molecule has 0 fully saturated rings. The summed E-state index contributed by atoms with van der Waals surface area (Å²) in [5.74, 6) is -0.551. The lowest BCUT2D eigenvalue weighted by Gasteiger charge is -2.07. The zero-order valence-electron chi connectivity index (χ0n) is 13.8. The Morgan fingerprint density at radius 3 is 2.80 bits per heavy atom. The Morgan fingerprint density at radius 2 is 2.12 bits per heavy atom. The molecule has 128 valence electrons. The summed E-state index contributed by atoms with van der Waals surface area (Å²) in [4.78, 5) is 28.3. The number of carbonyl (C=O) groups is 1. The summed E-state index contributed by atoms with van der Waals surface area (Å²) in [7, 11) is 1.79. The Hall–Kier alpha value is -2.94. The van der Waals surface area contributed by atoms with E-state index in [0.717, 1.165) is 16.0 Å². The fourth-order valence-electron chi connectivity index (χ4n) is 2.56. The molecular weight excluding hydrogens is 342 g/mol. The molecule has 0 saturated heterocycles. The lowest BCUT2D eigenvalue weighted by molar-refractivity contribution is -0.385. The van der Waals surface area contributed by atoms with Crippen LogP contribution < -0.4 is 5.32 Å². The third-order valence-electron chi connectivity index (χ3n) is 3.77. The number of aryl methyl sites for hydroxylation is 2. The van der Waals surface area contributed by atoms with Gasteiger partial charge in [-0.25, -0.2) is 4.98 Å².